The van der Waals surface area contributed by atoms with Gasteiger partial charge in [-0.3, -0.25) is 4.99 Å². The van der Waals surface area contributed by atoms with Crippen LogP contribution in [0.5, 0.6) is 23.0 Å². The lowest BCUT2D eigenvalue weighted by Crippen LogP contribution is -2.42. The van der Waals surface area contributed by atoms with Crippen LogP contribution in [0.3, 0.4) is 0 Å². The molecule has 0 bridgehead atoms. The van der Waals surface area contributed by atoms with E-state index in [0.717, 1.165) is 48.1 Å². The Labute approximate surface area is 370 Å². The number of unbranched alkanes of at least 4 members (excludes halogenated alkanes) is 10. The minimum absolute atomic E-state index is 0.0431. The normalized spacial score (nSPS) is 12.9. The lowest BCUT2D eigenvalue weighted by Gasteiger charge is -2.39. The van der Waals surface area contributed by atoms with Crippen LogP contribution in [-0.2, 0) is 22.9 Å². The summed E-state index contributed by atoms with van der Waals surface area (Å²) >= 11 is 0. The van der Waals surface area contributed by atoms with E-state index in [4.69, 9.17) is 19.2 Å². The smallest absolute Gasteiger partial charge is 0.144 e. The van der Waals surface area contributed by atoms with Crippen molar-refractivity contribution in [2.45, 2.75) is 181 Å². The van der Waals surface area contributed by atoms with Gasteiger partial charge < -0.3 is 24.4 Å². The van der Waals surface area contributed by atoms with Crippen molar-refractivity contribution in [3.05, 3.63) is 118 Å². The van der Waals surface area contributed by atoms with Crippen molar-refractivity contribution in [2.75, 3.05) is 13.2 Å². The van der Waals surface area contributed by atoms with Gasteiger partial charge in [0.1, 0.15) is 28.6 Å². The third-order valence-corrected chi connectivity index (χ3v) is 11.6. The molecule has 0 spiro atoms. The third-order valence-electron chi connectivity index (χ3n) is 11.6. The lowest BCUT2D eigenvalue weighted by molar-refractivity contribution is 0.0460. The number of para-hydroxylation sites is 1. The van der Waals surface area contributed by atoms with Crippen molar-refractivity contribution < 1.29 is 24.4 Å². The zero-order valence-corrected chi connectivity index (χ0v) is 39.5. The highest BCUT2D eigenvalue weighted by molar-refractivity contribution is 5.83. The van der Waals surface area contributed by atoms with Gasteiger partial charge in [0.15, 0.2) is 0 Å². The molecule has 4 aromatic carbocycles. The number of aliphatic imine (C=N–C) groups is 1. The highest BCUT2D eigenvalue weighted by Crippen LogP contribution is 2.47. The van der Waals surface area contributed by atoms with Crippen LogP contribution in [0.25, 0.3) is 0 Å². The number of benzene rings is 4. The average molecular weight is 834 g/mol. The maximum absolute atomic E-state index is 14.4. The molecule has 6 heteroatoms. The van der Waals surface area contributed by atoms with Crippen molar-refractivity contribution in [1.82, 2.24) is 0 Å². The van der Waals surface area contributed by atoms with Crippen molar-refractivity contribution in [1.29, 1.82) is 0 Å². The number of aliphatic hydroxyl groups is 1. The summed E-state index contributed by atoms with van der Waals surface area (Å²) < 4.78 is 19.6. The predicted octanol–water partition coefficient (Wildman–Crippen LogP) is 14.2. The zero-order valence-electron chi connectivity index (χ0n) is 39.5. The summed E-state index contributed by atoms with van der Waals surface area (Å²) in [4.78, 5) is 5.31. The molecule has 334 valence electrons. The van der Waals surface area contributed by atoms with Crippen LogP contribution in [0.15, 0.2) is 89.9 Å². The molecule has 0 saturated carbocycles. The molecular formula is C55H79NO5. The summed E-state index contributed by atoms with van der Waals surface area (Å²) in [6.07, 6.45) is 15.9. The SMILES string of the molecule is CCCCCCCCOc1ccc(C(C)(C)C)cc1C(O)(c1cc(C(C)(C)C)ccc1OCCCCCCCC)C(Cc1ccc(OC(C)C)cc1)N=Cc1ccccc1O. The minimum atomic E-state index is -1.76. The molecule has 4 aromatic rings. The molecule has 0 aromatic heterocycles. The van der Waals surface area contributed by atoms with Crippen LogP contribution in [0.1, 0.15) is 180 Å². The Morgan fingerprint density at radius 2 is 1.08 bits per heavy atom. The van der Waals surface area contributed by atoms with Gasteiger partial charge in [0, 0.05) is 22.9 Å². The molecule has 0 heterocycles. The van der Waals surface area contributed by atoms with Gasteiger partial charge >= 0.3 is 0 Å². The predicted molar refractivity (Wildman–Crippen MR) is 256 cm³/mol. The number of ether oxygens (including phenoxy) is 3. The standard InChI is InChI=1S/C55H79NO5/c1-11-13-15-17-19-23-35-59-50-33-29-44(53(5,6)7)38-47(50)55(58,48-39-45(54(8,9)10)30-34-51(48)60-36-24-20-18-16-14-12-2)52(56-40-43-25-21-22-26-49(43)57)37-42-27-31-46(32-28-42)61-41(3)4/h21-22,25-34,38-41,52,57-58H,11-20,23-24,35-37H2,1-10H3. The van der Waals surface area contributed by atoms with Crippen molar-refractivity contribution in [3.63, 3.8) is 0 Å². The van der Waals surface area contributed by atoms with Gasteiger partial charge in [-0.25, -0.2) is 0 Å². The number of hydrogen-bond donors (Lipinski definition) is 2. The number of hydrogen-bond acceptors (Lipinski definition) is 6. The first-order chi connectivity index (χ1) is 29.1. The second-order valence-electron chi connectivity index (χ2n) is 19.3. The summed E-state index contributed by atoms with van der Waals surface area (Å²) in [6.45, 7) is 22.8. The number of rotatable bonds is 25. The second kappa shape index (κ2) is 23.8. The molecule has 2 N–H and O–H groups in total. The molecule has 1 atom stereocenters. The minimum Gasteiger partial charge on any atom is -0.507 e. The van der Waals surface area contributed by atoms with Gasteiger partial charge in [0.25, 0.3) is 0 Å². The molecule has 0 aliphatic heterocycles. The summed E-state index contributed by atoms with van der Waals surface area (Å²) in [5.74, 6) is 2.18. The number of phenolic OH excluding ortho intramolecular Hbond substituents is 1. The highest BCUT2D eigenvalue weighted by Gasteiger charge is 2.46. The fourth-order valence-electron chi connectivity index (χ4n) is 7.75. The maximum atomic E-state index is 14.4. The van der Waals surface area contributed by atoms with E-state index in [-0.39, 0.29) is 22.7 Å². The lowest BCUT2D eigenvalue weighted by atomic mass is 9.73. The Morgan fingerprint density at radius 3 is 1.54 bits per heavy atom. The maximum Gasteiger partial charge on any atom is 0.144 e. The zero-order chi connectivity index (χ0) is 44.5. The van der Waals surface area contributed by atoms with Crippen LogP contribution in [0, 0.1) is 0 Å². The van der Waals surface area contributed by atoms with E-state index in [9.17, 15) is 10.2 Å². The molecule has 6 nitrogen and oxygen atoms in total. The van der Waals surface area contributed by atoms with Crippen LogP contribution >= 0.6 is 0 Å². The van der Waals surface area contributed by atoms with Gasteiger partial charge in [-0.1, -0.05) is 156 Å². The van der Waals surface area contributed by atoms with Crippen molar-refractivity contribution in [2.24, 2.45) is 4.99 Å². The van der Waals surface area contributed by atoms with Gasteiger partial charge in [-0.05, 0) is 109 Å². The quantitative estimate of drug-likeness (QED) is 0.0513. The van der Waals surface area contributed by atoms with Crippen LogP contribution in [-0.4, -0.2) is 41.8 Å². The fourth-order valence-corrected chi connectivity index (χ4v) is 7.75. The molecular weight excluding hydrogens is 755 g/mol. The molecule has 1 unspecified atom stereocenters. The van der Waals surface area contributed by atoms with Gasteiger partial charge in [-0.2, -0.15) is 0 Å². The molecule has 0 aliphatic carbocycles. The van der Waals surface area contributed by atoms with Crippen LogP contribution in [0.2, 0.25) is 0 Å². The monoisotopic (exact) mass is 834 g/mol. The number of phenols is 1. The molecule has 0 saturated heterocycles. The van der Waals surface area contributed by atoms with Crippen LogP contribution in [0.4, 0.5) is 0 Å². The summed E-state index contributed by atoms with van der Waals surface area (Å²) in [5.41, 5.74) is 2.81. The average Bonchev–Trinajstić information content (AvgIpc) is 3.21. The van der Waals surface area contributed by atoms with Gasteiger partial charge in [0.2, 0.25) is 0 Å². The highest BCUT2D eigenvalue weighted by atomic mass is 16.5. The summed E-state index contributed by atoms with van der Waals surface area (Å²) in [6, 6.07) is 27.1. The fraction of sp³-hybridized carbons (Fsp3) is 0.545. The van der Waals surface area contributed by atoms with Gasteiger partial charge in [0.05, 0.1) is 25.4 Å². The first-order valence-electron chi connectivity index (χ1n) is 23.4. The molecule has 0 aliphatic rings. The Morgan fingerprint density at radius 1 is 0.607 bits per heavy atom. The number of aromatic hydroxyl groups is 1. The molecule has 0 fully saturated rings. The summed E-state index contributed by atoms with van der Waals surface area (Å²) in [5, 5.41) is 25.3. The Balaban J connectivity index is 2.01. The third kappa shape index (κ3) is 14.9. The van der Waals surface area contributed by atoms with Gasteiger partial charge in [-0.15, -0.1) is 0 Å². The largest absolute Gasteiger partial charge is 0.507 e. The van der Waals surface area contributed by atoms with E-state index in [1.807, 2.05) is 50.2 Å². The van der Waals surface area contributed by atoms with E-state index in [2.05, 4.69) is 91.8 Å². The number of nitrogens with zero attached hydrogens (tertiary/aromatic N) is 1. The Kier molecular flexibility index (Phi) is 19.3. The van der Waals surface area contributed by atoms with E-state index in [1.165, 1.54) is 51.4 Å². The summed E-state index contributed by atoms with van der Waals surface area (Å²) in [7, 11) is 0. The van der Waals surface area contributed by atoms with E-state index in [0.29, 0.717) is 47.8 Å². The first-order valence-corrected chi connectivity index (χ1v) is 23.4. The topological polar surface area (TPSA) is 80.5 Å². The van der Waals surface area contributed by atoms with Crippen molar-refractivity contribution in [3.8, 4) is 23.0 Å². The van der Waals surface area contributed by atoms with E-state index >= 15 is 0 Å². The van der Waals surface area contributed by atoms with Crippen molar-refractivity contribution >= 4 is 6.21 Å². The first kappa shape index (κ1) is 49.4. The van der Waals surface area contributed by atoms with E-state index < -0.39 is 11.6 Å². The molecule has 4 rings (SSSR count). The Bertz CT molecular complexity index is 1840. The molecule has 0 radical (unpaired) electrons. The van der Waals surface area contributed by atoms with E-state index in [1.54, 1.807) is 18.3 Å². The Hall–Kier alpha value is -4.29. The molecule has 0 amide bonds. The second-order valence-corrected chi connectivity index (χ2v) is 19.3. The van der Waals surface area contributed by atoms with Crippen LogP contribution < -0.4 is 14.2 Å². The molecule has 61 heavy (non-hydrogen) atoms.